The van der Waals surface area contributed by atoms with Crippen LogP contribution in [0.4, 0.5) is 5.69 Å². The van der Waals surface area contributed by atoms with E-state index in [-0.39, 0.29) is 0 Å². The third-order valence-corrected chi connectivity index (χ3v) is 7.02. The van der Waals surface area contributed by atoms with E-state index in [1.54, 1.807) is 11.3 Å². The highest BCUT2D eigenvalue weighted by Gasteiger charge is 2.19. The minimum atomic E-state index is 0.691. The summed E-state index contributed by atoms with van der Waals surface area (Å²) in [4.78, 5) is 6.91. The van der Waals surface area contributed by atoms with Gasteiger partial charge in [-0.15, -0.1) is 11.3 Å². The fourth-order valence-electron chi connectivity index (χ4n) is 4.51. The van der Waals surface area contributed by atoms with Gasteiger partial charge in [0.25, 0.3) is 0 Å². The highest BCUT2D eigenvalue weighted by atomic mass is 32.1. The summed E-state index contributed by atoms with van der Waals surface area (Å²) in [5, 5.41) is 1.09. The van der Waals surface area contributed by atoms with Crippen molar-refractivity contribution in [2.75, 3.05) is 18.1 Å². The van der Waals surface area contributed by atoms with E-state index in [0.717, 1.165) is 51.7 Å². The lowest BCUT2D eigenvalue weighted by Crippen LogP contribution is -2.15. The topological polar surface area (TPSA) is 34.6 Å². The maximum absolute atomic E-state index is 5.90. The Bertz CT molecular complexity index is 1330. The summed E-state index contributed by atoms with van der Waals surface area (Å²) in [6.45, 7) is 3.44. The molecule has 0 amide bonds. The van der Waals surface area contributed by atoms with Gasteiger partial charge in [0.15, 0.2) is 0 Å². The summed E-state index contributed by atoms with van der Waals surface area (Å²) in [6.07, 6.45) is 6.28. The standard InChI is InChI=1S/C28H24N2O2S/c1-19-29-25-11-10-22(16-28(25)33-19)30(17-20-12-14-31-26-8-4-2-6-23(20)26)18-21-13-15-32-27-9-5-3-7-24(21)27/h2-11,16-18H,12-15H2,1H3. The van der Waals surface area contributed by atoms with E-state index in [1.807, 2.05) is 24.3 Å². The third-order valence-electron chi connectivity index (χ3n) is 6.09. The molecule has 1 aromatic heterocycles. The van der Waals surface area contributed by atoms with E-state index >= 15 is 0 Å². The Labute approximate surface area is 197 Å². The first-order chi connectivity index (χ1) is 16.2. The molecule has 4 aromatic rings. The predicted molar refractivity (Wildman–Crippen MR) is 136 cm³/mol. The SMILES string of the molecule is Cc1nc2ccc(N(C=C3CCOc4ccccc43)C=C3CCOc4ccccc43)cc2s1. The normalized spacial score (nSPS) is 17.4. The van der Waals surface area contributed by atoms with Gasteiger partial charge < -0.3 is 14.4 Å². The molecule has 0 fully saturated rings. The van der Waals surface area contributed by atoms with Gasteiger partial charge in [0, 0.05) is 42.1 Å². The predicted octanol–water partition coefficient (Wildman–Crippen LogP) is 7.06. The van der Waals surface area contributed by atoms with Crippen molar-refractivity contribution in [1.29, 1.82) is 0 Å². The van der Waals surface area contributed by atoms with Crippen LogP contribution in [0.1, 0.15) is 29.0 Å². The molecule has 0 bridgehead atoms. The number of rotatable bonds is 3. The Kier molecular flexibility index (Phi) is 5.11. The number of fused-ring (bicyclic) bond motifs is 3. The number of hydrogen-bond acceptors (Lipinski definition) is 5. The Morgan fingerprint density at radius 3 is 2.06 bits per heavy atom. The van der Waals surface area contributed by atoms with E-state index in [2.05, 4.69) is 71.7 Å². The van der Waals surface area contributed by atoms with Crippen LogP contribution in [0.5, 0.6) is 11.5 Å². The van der Waals surface area contributed by atoms with Crippen LogP contribution in [0, 0.1) is 6.92 Å². The number of thiazole rings is 1. The minimum Gasteiger partial charge on any atom is -0.493 e. The van der Waals surface area contributed by atoms with Crippen LogP contribution in [0.15, 0.2) is 79.1 Å². The number of anilines is 1. The van der Waals surface area contributed by atoms with Crippen LogP contribution >= 0.6 is 11.3 Å². The largest absolute Gasteiger partial charge is 0.493 e. The molecule has 5 heteroatoms. The van der Waals surface area contributed by atoms with Gasteiger partial charge in [0.2, 0.25) is 0 Å². The Hall–Kier alpha value is -3.57. The van der Waals surface area contributed by atoms with Crippen LogP contribution < -0.4 is 14.4 Å². The van der Waals surface area contributed by atoms with Gasteiger partial charge in [-0.3, -0.25) is 0 Å². The molecule has 3 aromatic carbocycles. The summed E-state index contributed by atoms with van der Waals surface area (Å²) in [5.74, 6) is 1.90. The zero-order valence-electron chi connectivity index (χ0n) is 18.5. The van der Waals surface area contributed by atoms with Crippen molar-refractivity contribution in [2.24, 2.45) is 0 Å². The Morgan fingerprint density at radius 1 is 0.818 bits per heavy atom. The lowest BCUT2D eigenvalue weighted by atomic mass is 9.99. The second kappa shape index (κ2) is 8.41. The van der Waals surface area contributed by atoms with Gasteiger partial charge in [-0.2, -0.15) is 0 Å². The van der Waals surface area contributed by atoms with Crippen LogP contribution in [-0.4, -0.2) is 18.2 Å². The minimum absolute atomic E-state index is 0.691. The van der Waals surface area contributed by atoms with Crippen molar-refractivity contribution in [3.8, 4) is 11.5 Å². The van der Waals surface area contributed by atoms with Gasteiger partial charge in [0.1, 0.15) is 11.5 Å². The summed E-state index contributed by atoms with van der Waals surface area (Å²) in [7, 11) is 0. The molecule has 2 aliphatic rings. The summed E-state index contributed by atoms with van der Waals surface area (Å²) < 4.78 is 13.0. The number of hydrogen-bond donors (Lipinski definition) is 0. The molecule has 2 aliphatic heterocycles. The van der Waals surface area contributed by atoms with E-state index in [4.69, 9.17) is 9.47 Å². The lowest BCUT2D eigenvalue weighted by molar-refractivity contribution is 0.316. The van der Waals surface area contributed by atoms with E-state index < -0.39 is 0 Å². The molecule has 0 saturated heterocycles. The van der Waals surface area contributed by atoms with Gasteiger partial charge in [0.05, 0.1) is 28.4 Å². The Morgan fingerprint density at radius 2 is 1.42 bits per heavy atom. The molecule has 0 atom stereocenters. The van der Waals surface area contributed by atoms with Crippen LogP contribution in [-0.2, 0) is 0 Å². The molecular weight excluding hydrogens is 428 g/mol. The van der Waals surface area contributed by atoms with Crippen molar-refractivity contribution in [1.82, 2.24) is 4.98 Å². The molecule has 3 heterocycles. The first kappa shape index (κ1) is 20.1. The lowest BCUT2D eigenvalue weighted by Gasteiger charge is -2.26. The summed E-state index contributed by atoms with van der Waals surface area (Å²) >= 11 is 1.73. The first-order valence-corrected chi connectivity index (χ1v) is 12.1. The molecule has 0 saturated carbocycles. The molecule has 4 nitrogen and oxygen atoms in total. The number of ether oxygens (including phenoxy) is 2. The molecule has 164 valence electrons. The van der Waals surface area contributed by atoms with E-state index in [9.17, 15) is 0 Å². The van der Waals surface area contributed by atoms with Crippen molar-refractivity contribution < 1.29 is 9.47 Å². The van der Waals surface area contributed by atoms with E-state index in [1.165, 1.54) is 15.8 Å². The fraction of sp³-hybridized carbons (Fsp3) is 0.179. The van der Waals surface area contributed by atoms with Crippen molar-refractivity contribution in [3.05, 3.63) is 95.3 Å². The first-order valence-electron chi connectivity index (χ1n) is 11.3. The van der Waals surface area contributed by atoms with Crippen molar-refractivity contribution >= 4 is 38.4 Å². The van der Waals surface area contributed by atoms with Gasteiger partial charge in [-0.05, 0) is 48.4 Å². The van der Waals surface area contributed by atoms with Gasteiger partial charge in [-0.25, -0.2) is 4.98 Å². The average molecular weight is 453 g/mol. The molecular formula is C28H24N2O2S. The maximum Gasteiger partial charge on any atom is 0.126 e. The van der Waals surface area contributed by atoms with Gasteiger partial charge in [-0.1, -0.05) is 36.4 Å². The maximum atomic E-state index is 5.90. The quantitative estimate of drug-likeness (QED) is 0.333. The van der Waals surface area contributed by atoms with Crippen molar-refractivity contribution in [2.45, 2.75) is 19.8 Å². The highest BCUT2D eigenvalue weighted by molar-refractivity contribution is 7.18. The molecule has 0 aliphatic carbocycles. The smallest absolute Gasteiger partial charge is 0.126 e. The summed E-state index contributed by atoms with van der Waals surface area (Å²) in [6, 6.07) is 23.1. The number of aromatic nitrogens is 1. The van der Waals surface area contributed by atoms with Gasteiger partial charge >= 0.3 is 0 Å². The molecule has 6 rings (SSSR count). The Balaban J connectivity index is 1.49. The molecule has 0 N–H and O–H groups in total. The second-order valence-electron chi connectivity index (χ2n) is 8.29. The number of nitrogens with zero attached hydrogens (tertiary/aromatic N) is 2. The van der Waals surface area contributed by atoms with Crippen LogP contribution in [0.3, 0.4) is 0 Å². The number of para-hydroxylation sites is 2. The third kappa shape index (κ3) is 3.89. The zero-order valence-corrected chi connectivity index (χ0v) is 19.3. The second-order valence-corrected chi connectivity index (χ2v) is 9.52. The highest BCUT2D eigenvalue weighted by Crippen LogP contribution is 2.37. The molecule has 0 unspecified atom stereocenters. The average Bonchev–Trinajstić information content (AvgIpc) is 3.23. The molecule has 33 heavy (non-hydrogen) atoms. The number of aryl methyl sites for hydroxylation is 1. The fourth-order valence-corrected chi connectivity index (χ4v) is 5.37. The molecule has 0 radical (unpaired) electrons. The number of benzene rings is 3. The van der Waals surface area contributed by atoms with Crippen molar-refractivity contribution in [3.63, 3.8) is 0 Å². The monoisotopic (exact) mass is 452 g/mol. The zero-order chi connectivity index (χ0) is 22.2. The molecule has 0 spiro atoms. The van der Waals surface area contributed by atoms with Crippen LogP contribution in [0.2, 0.25) is 0 Å². The van der Waals surface area contributed by atoms with E-state index in [0.29, 0.717) is 13.2 Å². The van der Waals surface area contributed by atoms with Crippen LogP contribution in [0.25, 0.3) is 21.4 Å². The summed E-state index contributed by atoms with van der Waals surface area (Å²) in [5.41, 5.74) is 7.04.